The smallest absolute Gasteiger partial charge is 0.194 e. The predicted octanol–water partition coefficient (Wildman–Crippen LogP) is 3.68. The van der Waals surface area contributed by atoms with Crippen molar-refractivity contribution in [1.82, 2.24) is 14.9 Å². The molecule has 2 aromatic carbocycles. The lowest BCUT2D eigenvalue weighted by molar-refractivity contribution is -0.123. The van der Waals surface area contributed by atoms with Crippen LogP contribution in [-0.2, 0) is 22.1 Å². The Labute approximate surface area is 219 Å². The number of aryl methyl sites for hydroxylation is 1. The number of aromatic hydroxyl groups is 2. The first-order valence-corrected chi connectivity index (χ1v) is 12.1. The number of benzene rings is 2. The van der Waals surface area contributed by atoms with Gasteiger partial charge in [-0.3, -0.25) is 14.4 Å². The number of allylic oxidation sites excluding steroid dienone is 4. The fraction of sp³-hybridized carbons (Fsp3) is 0.241. The van der Waals surface area contributed by atoms with E-state index in [4.69, 9.17) is 4.74 Å². The summed E-state index contributed by atoms with van der Waals surface area (Å²) in [5.41, 5.74) is -0.531. The molecule has 0 radical (unpaired) electrons. The van der Waals surface area contributed by atoms with Crippen LogP contribution in [0.15, 0.2) is 65.8 Å². The molecule has 0 bridgehead atoms. The number of phenols is 2. The number of hydrogen-bond acceptors (Lipinski definition) is 8. The SMILES string of the molecule is CC(=O)c1c(O)c(C)c(O)c2c1OC1=CC(=O)C(=C(C)NC(c3ccccc3)c3nccn3C)C(=O)[C@@]12C. The third kappa shape index (κ3) is 3.46. The van der Waals surface area contributed by atoms with Crippen molar-refractivity contribution in [1.29, 1.82) is 0 Å². The van der Waals surface area contributed by atoms with Crippen LogP contribution < -0.4 is 10.1 Å². The van der Waals surface area contributed by atoms with Crippen LogP contribution in [0.1, 0.15) is 59.7 Å². The number of hydrogen-bond donors (Lipinski definition) is 3. The van der Waals surface area contributed by atoms with Gasteiger partial charge in [-0.2, -0.15) is 0 Å². The molecule has 5 rings (SSSR count). The average molecular weight is 514 g/mol. The van der Waals surface area contributed by atoms with Gasteiger partial charge in [0.05, 0.1) is 11.1 Å². The van der Waals surface area contributed by atoms with Crippen LogP contribution in [0.5, 0.6) is 17.2 Å². The Morgan fingerprint density at radius 1 is 1.13 bits per heavy atom. The number of fused-ring (bicyclic) bond motifs is 3. The summed E-state index contributed by atoms with van der Waals surface area (Å²) in [5.74, 6) is -1.90. The number of carbonyl (C=O) groups excluding carboxylic acids is 3. The molecule has 1 aliphatic carbocycles. The minimum absolute atomic E-state index is 0.00874. The maximum Gasteiger partial charge on any atom is 0.194 e. The van der Waals surface area contributed by atoms with Crippen molar-refractivity contribution in [3.05, 3.63) is 93.9 Å². The highest BCUT2D eigenvalue weighted by Gasteiger charge is 2.56. The van der Waals surface area contributed by atoms with E-state index in [1.807, 2.05) is 48.1 Å². The van der Waals surface area contributed by atoms with Gasteiger partial charge in [0.15, 0.2) is 17.3 Å². The minimum atomic E-state index is -1.58. The quantitative estimate of drug-likeness (QED) is 0.268. The second kappa shape index (κ2) is 8.72. The summed E-state index contributed by atoms with van der Waals surface area (Å²) in [5, 5.41) is 24.9. The summed E-state index contributed by atoms with van der Waals surface area (Å²) in [6, 6.07) is 9.05. The number of ether oxygens (including phenoxy) is 1. The average Bonchev–Trinajstić information content (AvgIpc) is 3.42. The van der Waals surface area contributed by atoms with Gasteiger partial charge < -0.3 is 24.8 Å². The van der Waals surface area contributed by atoms with Gasteiger partial charge in [-0.15, -0.1) is 0 Å². The first kappa shape index (κ1) is 25.0. The Morgan fingerprint density at radius 3 is 2.42 bits per heavy atom. The largest absolute Gasteiger partial charge is 0.507 e. The lowest BCUT2D eigenvalue weighted by Crippen LogP contribution is -2.41. The van der Waals surface area contributed by atoms with Crippen LogP contribution in [0.2, 0.25) is 0 Å². The first-order chi connectivity index (χ1) is 18.0. The minimum Gasteiger partial charge on any atom is -0.507 e. The summed E-state index contributed by atoms with van der Waals surface area (Å²) in [6.07, 6.45) is 4.68. The molecular weight excluding hydrogens is 486 g/mol. The predicted molar refractivity (Wildman–Crippen MR) is 138 cm³/mol. The van der Waals surface area contributed by atoms with Crippen LogP contribution >= 0.6 is 0 Å². The van der Waals surface area contributed by atoms with Gasteiger partial charge in [-0.25, -0.2) is 4.98 Å². The molecule has 9 heteroatoms. The van der Waals surface area contributed by atoms with Crippen molar-refractivity contribution in [3.8, 4) is 17.2 Å². The molecular formula is C29H27N3O6. The van der Waals surface area contributed by atoms with Gasteiger partial charge in [-0.1, -0.05) is 30.3 Å². The van der Waals surface area contributed by atoms with Crippen LogP contribution in [-0.4, -0.2) is 37.1 Å². The molecule has 9 nitrogen and oxygen atoms in total. The number of nitrogens with zero attached hydrogens (tertiary/aromatic N) is 2. The highest BCUT2D eigenvalue weighted by molar-refractivity contribution is 6.31. The summed E-state index contributed by atoms with van der Waals surface area (Å²) < 4.78 is 7.69. The number of Topliss-reactive ketones (excluding diaryl/α,β-unsaturated/α-hetero) is 2. The molecule has 2 heterocycles. The van der Waals surface area contributed by atoms with E-state index in [1.165, 1.54) is 19.9 Å². The van der Waals surface area contributed by atoms with Gasteiger partial charge in [0.25, 0.3) is 0 Å². The Kier molecular flexibility index (Phi) is 5.74. The zero-order valence-corrected chi connectivity index (χ0v) is 21.6. The van der Waals surface area contributed by atoms with E-state index in [-0.39, 0.29) is 39.5 Å². The number of imidazole rings is 1. The number of carbonyl (C=O) groups is 3. The molecule has 0 saturated heterocycles. The highest BCUT2D eigenvalue weighted by atomic mass is 16.5. The molecule has 1 aliphatic heterocycles. The topological polar surface area (TPSA) is 131 Å². The second-order valence-corrected chi connectivity index (χ2v) is 9.77. The maximum absolute atomic E-state index is 14.1. The number of nitrogens with one attached hydrogen (secondary N) is 1. The summed E-state index contributed by atoms with van der Waals surface area (Å²) in [6.45, 7) is 5.88. The Bertz CT molecular complexity index is 1600. The van der Waals surface area contributed by atoms with Gasteiger partial charge in [0.2, 0.25) is 0 Å². The third-order valence-electron chi connectivity index (χ3n) is 7.37. The Hall–Kier alpha value is -4.66. The molecule has 0 amide bonds. The monoisotopic (exact) mass is 513 g/mol. The van der Waals surface area contributed by atoms with Crippen molar-refractivity contribution in [2.24, 2.45) is 7.05 Å². The van der Waals surface area contributed by atoms with Crippen LogP contribution in [0, 0.1) is 6.92 Å². The van der Waals surface area contributed by atoms with E-state index in [0.29, 0.717) is 11.5 Å². The Morgan fingerprint density at radius 2 is 1.82 bits per heavy atom. The number of rotatable bonds is 5. The van der Waals surface area contributed by atoms with E-state index in [9.17, 15) is 24.6 Å². The van der Waals surface area contributed by atoms with Crippen molar-refractivity contribution in [2.45, 2.75) is 39.2 Å². The molecule has 2 aliphatic rings. The maximum atomic E-state index is 14.1. The standard InChI is InChI=1S/C29H27N3O6/c1-14-24(35)21(16(3)33)26-22(25(14)36)29(4)19(38-26)13-18(34)20(27(29)37)15(2)31-23(17-9-7-6-8-10-17)28-30-11-12-32(28)5/h6-13,23,31,35-36H,1-5H3/t23?,29-/m0/s1. The van der Waals surface area contributed by atoms with E-state index in [2.05, 4.69) is 10.3 Å². The molecule has 1 unspecified atom stereocenters. The van der Waals surface area contributed by atoms with E-state index >= 15 is 0 Å². The van der Waals surface area contributed by atoms with E-state index in [0.717, 1.165) is 5.56 Å². The molecule has 1 aromatic heterocycles. The molecule has 0 fully saturated rings. The van der Waals surface area contributed by atoms with Gasteiger partial charge in [0.1, 0.15) is 45.9 Å². The zero-order valence-electron chi connectivity index (χ0n) is 21.6. The molecule has 194 valence electrons. The second-order valence-electron chi connectivity index (χ2n) is 9.77. The van der Waals surface area contributed by atoms with Crippen LogP contribution in [0.4, 0.5) is 0 Å². The van der Waals surface area contributed by atoms with Crippen LogP contribution in [0.25, 0.3) is 0 Å². The summed E-state index contributed by atoms with van der Waals surface area (Å²) in [7, 11) is 1.86. The lowest BCUT2D eigenvalue weighted by atomic mass is 9.70. The molecule has 0 saturated carbocycles. The number of phenolic OH excluding ortho intramolecular Hbond substituents is 2. The molecule has 3 aromatic rings. The van der Waals surface area contributed by atoms with Crippen LogP contribution in [0.3, 0.4) is 0 Å². The van der Waals surface area contributed by atoms with Gasteiger partial charge >= 0.3 is 0 Å². The summed E-state index contributed by atoms with van der Waals surface area (Å²) in [4.78, 5) is 44.3. The molecule has 38 heavy (non-hydrogen) atoms. The third-order valence-corrected chi connectivity index (χ3v) is 7.37. The van der Waals surface area contributed by atoms with Gasteiger partial charge in [-0.05, 0) is 33.3 Å². The van der Waals surface area contributed by atoms with Crippen molar-refractivity contribution in [2.75, 3.05) is 0 Å². The zero-order chi connectivity index (χ0) is 27.5. The fourth-order valence-electron chi connectivity index (χ4n) is 5.25. The molecule has 3 N–H and O–H groups in total. The number of ketones is 3. The highest BCUT2D eigenvalue weighted by Crippen LogP contribution is 2.57. The Balaban J connectivity index is 1.66. The van der Waals surface area contributed by atoms with E-state index < -0.39 is 34.6 Å². The van der Waals surface area contributed by atoms with E-state index in [1.54, 1.807) is 20.0 Å². The van der Waals surface area contributed by atoms with Crippen molar-refractivity contribution < 1.29 is 29.3 Å². The number of aromatic nitrogens is 2. The summed E-state index contributed by atoms with van der Waals surface area (Å²) >= 11 is 0. The normalized spacial score (nSPS) is 20.3. The lowest BCUT2D eigenvalue weighted by Gasteiger charge is -2.30. The van der Waals surface area contributed by atoms with Crippen molar-refractivity contribution >= 4 is 17.3 Å². The first-order valence-electron chi connectivity index (χ1n) is 12.1. The molecule has 0 spiro atoms. The van der Waals surface area contributed by atoms with Gasteiger partial charge in [0, 0.05) is 36.8 Å². The van der Waals surface area contributed by atoms with Crippen molar-refractivity contribution in [3.63, 3.8) is 0 Å². The molecule has 2 atom stereocenters. The fourth-order valence-corrected chi connectivity index (χ4v) is 5.25.